The molecule has 0 amide bonds. The highest BCUT2D eigenvalue weighted by molar-refractivity contribution is 7.98. The van der Waals surface area contributed by atoms with Crippen molar-refractivity contribution in [3.8, 4) is 0 Å². The maximum absolute atomic E-state index is 10.8. The molecule has 1 aromatic rings. The second kappa shape index (κ2) is 5.96. The first-order valence-corrected chi connectivity index (χ1v) is 6.44. The van der Waals surface area contributed by atoms with Crippen LogP contribution in [0.1, 0.15) is 21.9 Å². The fraction of sp³-hybridized carbons (Fsp3) is 0.545. The lowest BCUT2D eigenvalue weighted by Gasteiger charge is -2.13. The van der Waals surface area contributed by atoms with E-state index in [9.17, 15) is 4.79 Å². The van der Waals surface area contributed by atoms with Crippen LogP contribution in [0.4, 0.5) is 0 Å². The molecule has 0 aliphatic carbocycles. The van der Waals surface area contributed by atoms with Crippen molar-refractivity contribution >= 4 is 17.7 Å². The van der Waals surface area contributed by atoms with Crippen molar-refractivity contribution in [1.29, 1.82) is 0 Å². The Bertz CT molecular complexity index is 362. The smallest absolute Gasteiger partial charge is 0.339 e. The minimum absolute atomic E-state index is 0.258. The van der Waals surface area contributed by atoms with E-state index in [-0.39, 0.29) is 5.56 Å². The van der Waals surface area contributed by atoms with Crippen LogP contribution in [0.5, 0.6) is 0 Å². The van der Waals surface area contributed by atoms with Gasteiger partial charge in [-0.2, -0.15) is 11.8 Å². The van der Waals surface area contributed by atoms with Gasteiger partial charge in [0, 0.05) is 12.3 Å². The van der Waals surface area contributed by atoms with Crippen molar-refractivity contribution in [2.24, 2.45) is 0 Å². The van der Waals surface area contributed by atoms with E-state index in [1.807, 2.05) is 7.05 Å². The van der Waals surface area contributed by atoms with E-state index in [4.69, 9.17) is 9.52 Å². The molecule has 4 nitrogen and oxygen atoms in total. The van der Waals surface area contributed by atoms with Crippen LogP contribution < -0.4 is 0 Å². The Morgan fingerprint density at radius 3 is 2.81 bits per heavy atom. The highest BCUT2D eigenvalue weighted by Crippen LogP contribution is 2.15. The number of carbonyl (C=O) groups is 1. The summed E-state index contributed by atoms with van der Waals surface area (Å²) in [6.45, 7) is 3.28. The molecule has 0 aromatic carbocycles. The SMILES string of the molecule is CSCCN(C)Cc1cc(C(=O)O)c(C)o1. The number of carboxylic acid groups (broad SMARTS) is 1. The van der Waals surface area contributed by atoms with E-state index in [1.54, 1.807) is 24.8 Å². The fourth-order valence-electron chi connectivity index (χ4n) is 1.43. The Morgan fingerprint density at radius 2 is 2.31 bits per heavy atom. The van der Waals surface area contributed by atoms with Gasteiger partial charge >= 0.3 is 5.97 Å². The second-order valence-electron chi connectivity index (χ2n) is 3.72. The number of hydrogen-bond donors (Lipinski definition) is 1. The summed E-state index contributed by atoms with van der Waals surface area (Å²) in [7, 11) is 1.99. The molecule has 1 rings (SSSR count). The number of carboxylic acids is 1. The van der Waals surface area contributed by atoms with Gasteiger partial charge in [-0.25, -0.2) is 4.79 Å². The van der Waals surface area contributed by atoms with E-state index < -0.39 is 5.97 Å². The van der Waals surface area contributed by atoms with Gasteiger partial charge < -0.3 is 9.52 Å². The minimum Gasteiger partial charge on any atom is -0.478 e. The Kier molecular flexibility index (Phi) is 4.89. The van der Waals surface area contributed by atoms with E-state index in [1.165, 1.54) is 0 Å². The van der Waals surface area contributed by atoms with Gasteiger partial charge in [-0.1, -0.05) is 0 Å². The molecule has 0 saturated carbocycles. The van der Waals surface area contributed by atoms with Crippen molar-refractivity contribution in [2.75, 3.05) is 25.6 Å². The molecule has 0 aliphatic rings. The van der Waals surface area contributed by atoms with Crippen LogP contribution >= 0.6 is 11.8 Å². The number of rotatable bonds is 6. The van der Waals surface area contributed by atoms with Gasteiger partial charge in [0.2, 0.25) is 0 Å². The molecule has 0 bridgehead atoms. The third kappa shape index (κ3) is 3.57. The Balaban J connectivity index is 2.60. The number of aryl methyl sites for hydroxylation is 1. The molecule has 16 heavy (non-hydrogen) atoms. The van der Waals surface area contributed by atoms with E-state index in [0.29, 0.717) is 18.1 Å². The molecular weight excluding hydrogens is 226 g/mol. The summed E-state index contributed by atoms with van der Waals surface area (Å²) >= 11 is 1.79. The van der Waals surface area contributed by atoms with Crippen molar-refractivity contribution in [3.05, 3.63) is 23.2 Å². The lowest BCUT2D eigenvalue weighted by molar-refractivity contribution is 0.0695. The van der Waals surface area contributed by atoms with Crippen LogP contribution in [0.25, 0.3) is 0 Å². The van der Waals surface area contributed by atoms with Crippen molar-refractivity contribution in [3.63, 3.8) is 0 Å². The van der Waals surface area contributed by atoms with Crippen molar-refractivity contribution in [2.45, 2.75) is 13.5 Å². The minimum atomic E-state index is -0.931. The van der Waals surface area contributed by atoms with Crippen LogP contribution in [0.2, 0.25) is 0 Å². The first-order chi connectivity index (χ1) is 7.54. The first-order valence-electron chi connectivity index (χ1n) is 5.04. The Labute approximate surface area is 99.6 Å². The largest absolute Gasteiger partial charge is 0.478 e. The maximum Gasteiger partial charge on any atom is 0.339 e. The van der Waals surface area contributed by atoms with Gasteiger partial charge in [0.15, 0.2) is 0 Å². The average molecular weight is 243 g/mol. The molecule has 0 atom stereocenters. The molecule has 90 valence electrons. The number of thioether (sulfide) groups is 1. The van der Waals surface area contributed by atoms with Crippen LogP contribution in [-0.2, 0) is 6.54 Å². The topological polar surface area (TPSA) is 53.7 Å². The standard InChI is InChI=1S/C11H17NO3S/c1-8-10(11(13)14)6-9(15-8)7-12(2)4-5-16-3/h6H,4-5,7H2,1-3H3,(H,13,14). The molecular formula is C11H17NO3S. The summed E-state index contributed by atoms with van der Waals surface area (Å²) in [5, 5.41) is 8.88. The summed E-state index contributed by atoms with van der Waals surface area (Å²) in [5.41, 5.74) is 0.258. The van der Waals surface area contributed by atoms with Gasteiger partial charge in [-0.3, -0.25) is 4.90 Å². The third-order valence-electron chi connectivity index (χ3n) is 2.30. The van der Waals surface area contributed by atoms with Crippen LogP contribution in [-0.4, -0.2) is 41.6 Å². The molecule has 0 radical (unpaired) electrons. The molecule has 1 aromatic heterocycles. The molecule has 0 fully saturated rings. The van der Waals surface area contributed by atoms with E-state index in [2.05, 4.69) is 11.2 Å². The number of hydrogen-bond acceptors (Lipinski definition) is 4. The van der Waals surface area contributed by atoms with Crippen LogP contribution in [0.3, 0.4) is 0 Å². The van der Waals surface area contributed by atoms with E-state index in [0.717, 1.165) is 12.3 Å². The second-order valence-corrected chi connectivity index (χ2v) is 4.70. The van der Waals surface area contributed by atoms with Crippen LogP contribution in [0.15, 0.2) is 10.5 Å². The molecule has 1 heterocycles. The summed E-state index contributed by atoms with van der Waals surface area (Å²) in [6, 6.07) is 1.60. The zero-order valence-corrected chi connectivity index (χ0v) is 10.6. The summed E-state index contributed by atoms with van der Waals surface area (Å²) in [5.74, 6) is 1.31. The van der Waals surface area contributed by atoms with Crippen LogP contribution in [0, 0.1) is 6.92 Å². The molecule has 1 N–H and O–H groups in total. The zero-order valence-electron chi connectivity index (χ0n) is 9.82. The molecule has 0 aliphatic heterocycles. The Morgan fingerprint density at radius 1 is 1.62 bits per heavy atom. The van der Waals surface area contributed by atoms with Gasteiger partial charge in [0.25, 0.3) is 0 Å². The lowest BCUT2D eigenvalue weighted by Crippen LogP contribution is -2.20. The molecule has 5 heteroatoms. The molecule has 0 spiro atoms. The number of aromatic carboxylic acids is 1. The lowest BCUT2D eigenvalue weighted by atomic mass is 10.2. The zero-order chi connectivity index (χ0) is 12.1. The van der Waals surface area contributed by atoms with Gasteiger partial charge in [0.1, 0.15) is 17.1 Å². The van der Waals surface area contributed by atoms with E-state index >= 15 is 0 Å². The monoisotopic (exact) mass is 243 g/mol. The van der Waals surface area contributed by atoms with Crippen molar-refractivity contribution in [1.82, 2.24) is 4.90 Å². The third-order valence-corrected chi connectivity index (χ3v) is 2.89. The molecule has 0 unspecified atom stereocenters. The summed E-state index contributed by atoms with van der Waals surface area (Å²) < 4.78 is 5.40. The maximum atomic E-state index is 10.8. The number of nitrogens with zero attached hydrogens (tertiary/aromatic N) is 1. The van der Waals surface area contributed by atoms with Crippen molar-refractivity contribution < 1.29 is 14.3 Å². The highest BCUT2D eigenvalue weighted by atomic mass is 32.2. The first kappa shape index (κ1) is 13.1. The normalized spacial score (nSPS) is 11.0. The predicted molar refractivity (Wildman–Crippen MR) is 65.1 cm³/mol. The van der Waals surface area contributed by atoms with Gasteiger partial charge in [-0.05, 0) is 26.3 Å². The average Bonchev–Trinajstić information content (AvgIpc) is 2.56. The number of furan rings is 1. The fourth-order valence-corrected chi connectivity index (χ4v) is 1.92. The summed E-state index contributed by atoms with van der Waals surface area (Å²) in [4.78, 5) is 12.9. The molecule has 0 saturated heterocycles. The summed E-state index contributed by atoms with van der Waals surface area (Å²) in [6.07, 6.45) is 2.06. The quantitative estimate of drug-likeness (QED) is 0.829. The van der Waals surface area contributed by atoms with Gasteiger partial charge in [0.05, 0.1) is 6.54 Å². The van der Waals surface area contributed by atoms with Gasteiger partial charge in [-0.15, -0.1) is 0 Å². The predicted octanol–water partition coefficient (Wildman–Crippen LogP) is 2.08. The highest BCUT2D eigenvalue weighted by Gasteiger charge is 2.14. The Hall–Kier alpha value is -0.940.